The molecule has 104 valence electrons. The summed E-state index contributed by atoms with van der Waals surface area (Å²) in [5.41, 5.74) is -0.653. The lowest BCUT2D eigenvalue weighted by Gasteiger charge is -2.37. The Morgan fingerprint density at radius 2 is 2.17 bits per heavy atom. The van der Waals surface area contributed by atoms with Gasteiger partial charge in [-0.25, -0.2) is 18.0 Å². The summed E-state index contributed by atoms with van der Waals surface area (Å²) >= 11 is 3.63. The van der Waals surface area contributed by atoms with Crippen molar-refractivity contribution in [3.63, 3.8) is 0 Å². The zero-order valence-electron chi connectivity index (χ0n) is 10.7. The number of nitrogens with zero attached hydrogens (tertiary/aromatic N) is 2. The van der Waals surface area contributed by atoms with E-state index in [1.165, 1.54) is 11.1 Å². The largest absolute Gasteiger partial charge is 0.444 e. The molecule has 0 radical (unpaired) electrons. The van der Waals surface area contributed by atoms with Gasteiger partial charge in [-0.2, -0.15) is 0 Å². The number of hydrogen-bond acceptors (Lipinski definition) is 4. The van der Waals surface area contributed by atoms with Gasteiger partial charge in [0.15, 0.2) is 0 Å². The Hall–Kier alpha value is -0.850. The summed E-state index contributed by atoms with van der Waals surface area (Å²) in [6.07, 6.45) is -0.171. The van der Waals surface area contributed by atoms with Crippen molar-refractivity contribution in [3.05, 3.63) is 0 Å². The van der Waals surface area contributed by atoms with Gasteiger partial charge in [0, 0.05) is 25.6 Å². The van der Waals surface area contributed by atoms with E-state index in [1.54, 1.807) is 20.8 Å². The average molecular weight is 280 g/mol. The second kappa shape index (κ2) is 5.42. The van der Waals surface area contributed by atoms with Gasteiger partial charge in [0.25, 0.3) is 5.92 Å². The number of piperidine rings is 1. The number of halogens is 2. The SMILES string of the molecule is CC(C)(C)OC(=O)N1CCC(F)(F)CC1/C=N/S. The van der Waals surface area contributed by atoms with Crippen molar-refractivity contribution in [2.24, 2.45) is 4.40 Å². The fourth-order valence-corrected chi connectivity index (χ4v) is 1.88. The van der Waals surface area contributed by atoms with Crippen LogP contribution in [0.2, 0.25) is 0 Å². The summed E-state index contributed by atoms with van der Waals surface area (Å²) in [6.45, 7) is 5.13. The molecule has 0 N–H and O–H groups in total. The van der Waals surface area contributed by atoms with E-state index in [1.807, 2.05) is 0 Å². The zero-order valence-corrected chi connectivity index (χ0v) is 11.6. The molecule has 0 saturated carbocycles. The second-order valence-electron chi connectivity index (χ2n) is 5.32. The standard InChI is InChI=1S/C11H18F2N2O2S/c1-10(2,3)17-9(16)15-5-4-11(12,13)6-8(15)7-14-18/h7-8,18H,4-6H2,1-3H3/b14-7+. The number of carbonyl (C=O) groups is 1. The minimum atomic E-state index is -2.78. The van der Waals surface area contributed by atoms with E-state index >= 15 is 0 Å². The summed E-state index contributed by atoms with van der Waals surface area (Å²) in [7, 11) is 0. The zero-order chi connectivity index (χ0) is 14.0. The Balaban J connectivity index is 2.77. The van der Waals surface area contributed by atoms with Gasteiger partial charge in [0.05, 0.1) is 6.04 Å². The molecular weight excluding hydrogens is 262 g/mol. The topological polar surface area (TPSA) is 41.9 Å². The Bertz CT molecular complexity index is 342. The molecule has 0 aromatic heterocycles. The van der Waals surface area contributed by atoms with Crippen molar-refractivity contribution in [1.82, 2.24) is 4.90 Å². The molecule has 1 atom stereocenters. The number of hydrogen-bond donors (Lipinski definition) is 1. The quantitative estimate of drug-likeness (QED) is 0.592. The van der Waals surface area contributed by atoms with Crippen LogP contribution in [0.4, 0.5) is 13.6 Å². The van der Waals surface area contributed by atoms with Crippen LogP contribution >= 0.6 is 12.8 Å². The van der Waals surface area contributed by atoms with E-state index in [0.29, 0.717) is 0 Å². The summed E-state index contributed by atoms with van der Waals surface area (Å²) < 4.78 is 35.2. The Morgan fingerprint density at radius 1 is 1.56 bits per heavy atom. The molecule has 0 aromatic rings. The molecular formula is C11H18F2N2O2S. The smallest absolute Gasteiger partial charge is 0.410 e. The van der Waals surface area contributed by atoms with E-state index in [4.69, 9.17) is 4.74 Å². The summed E-state index contributed by atoms with van der Waals surface area (Å²) in [4.78, 5) is 13.1. The number of thiol groups is 1. The van der Waals surface area contributed by atoms with Crippen LogP contribution in [-0.2, 0) is 4.74 Å². The summed E-state index contributed by atoms with van der Waals surface area (Å²) in [6, 6.07) is -0.777. The maximum atomic E-state index is 13.3. The van der Waals surface area contributed by atoms with E-state index in [2.05, 4.69) is 17.2 Å². The molecule has 1 unspecified atom stereocenters. The van der Waals surface area contributed by atoms with Gasteiger partial charge in [0.1, 0.15) is 5.60 Å². The molecule has 7 heteroatoms. The Labute approximate surface area is 111 Å². The lowest BCUT2D eigenvalue weighted by Crippen LogP contribution is -2.51. The van der Waals surface area contributed by atoms with E-state index < -0.39 is 30.1 Å². The molecule has 1 aliphatic rings. The van der Waals surface area contributed by atoms with Crippen LogP contribution in [0, 0.1) is 0 Å². The van der Waals surface area contributed by atoms with Gasteiger partial charge >= 0.3 is 6.09 Å². The van der Waals surface area contributed by atoms with Crippen LogP contribution in [0.25, 0.3) is 0 Å². The molecule has 1 rings (SSSR count). The van der Waals surface area contributed by atoms with Crippen LogP contribution in [0.1, 0.15) is 33.6 Å². The highest BCUT2D eigenvalue weighted by molar-refractivity contribution is 7.78. The highest BCUT2D eigenvalue weighted by Crippen LogP contribution is 2.32. The van der Waals surface area contributed by atoms with Gasteiger partial charge < -0.3 is 4.74 Å². The van der Waals surface area contributed by atoms with Crippen molar-refractivity contribution in [1.29, 1.82) is 0 Å². The van der Waals surface area contributed by atoms with Gasteiger partial charge in [-0.3, -0.25) is 4.90 Å². The van der Waals surface area contributed by atoms with Crippen molar-refractivity contribution >= 4 is 25.1 Å². The molecule has 0 spiro atoms. The first-order chi connectivity index (χ1) is 8.14. The van der Waals surface area contributed by atoms with Crippen LogP contribution < -0.4 is 0 Å². The van der Waals surface area contributed by atoms with Crippen LogP contribution in [0.15, 0.2) is 4.40 Å². The van der Waals surface area contributed by atoms with E-state index in [9.17, 15) is 13.6 Å². The van der Waals surface area contributed by atoms with Gasteiger partial charge in [-0.15, -0.1) is 0 Å². The first-order valence-corrected chi connectivity index (χ1v) is 6.10. The molecule has 0 bridgehead atoms. The van der Waals surface area contributed by atoms with Gasteiger partial charge in [-0.1, -0.05) is 0 Å². The number of rotatable bonds is 1. The molecule has 1 saturated heterocycles. The molecule has 1 aliphatic heterocycles. The normalized spacial score (nSPS) is 24.3. The number of carbonyl (C=O) groups excluding carboxylic acids is 1. The van der Waals surface area contributed by atoms with E-state index in [0.717, 1.165) is 0 Å². The first kappa shape index (κ1) is 15.2. The monoisotopic (exact) mass is 280 g/mol. The van der Waals surface area contributed by atoms with Crippen molar-refractivity contribution in [2.45, 2.75) is 51.2 Å². The third-order valence-electron chi connectivity index (χ3n) is 2.49. The minimum Gasteiger partial charge on any atom is -0.444 e. The molecule has 18 heavy (non-hydrogen) atoms. The predicted octanol–water partition coefficient (Wildman–Crippen LogP) is 2.94. The predicted molar refractivity (Wildman–Crippen MR) is 68.4 cm³/mol. The molecule has 1 fully saturated rings. The maximum Gasteiger partial charge on any atom is 0.410 e. The first-order valence-electron chi connectivity index (χ1n) is 5.70. The molecule has 4 nitrogen and oxygen atoms in total. The summed E-state index contributed by atoms with van der Waals surface area (Å²) in [5, 5.41) is 0. The molecule has 1 amide bonds. The lowest BCUT2D eigenvalue weighted by molar-refractivity contribution is -0.0676. The highest BCUT2D eigenvalue weighted by Gasteiger charge is 2.42. The number of ether oxygens (including phenoxy) is 1. The Morgan fingerprint density at radius 3 is 2.67 bits per heavy atom. The third kappa shape index (κ3) is 4.44. The number of alkyl halides is 2. The fourth-order valence-electron chi connectivity index (χ4n) is 1.73. The fraction of sp³-hybridized carbons (Fsp3) is 0.818. The highest BCUT2D eigenvalue weighted by atomic mass is 32.1. The van der Waals surface area contributed by atoms with Crippen LogP contribution in [-0.4, -0.2) is 41.3 Å². The van der Waals surface area contributed by atoms with Crippen LogP contribution in [0.3, 0.4) is 0 Å². The Kier molecular flexibility index (Phi) is 4.58. The maximum absolute atomic E-state index is 13.3. The van der Waals surface area contributed by atoms with E-state index in [-0.39, 0.29) is 13.0 Å². The number of amides is 1. The summed E-state index contributed by atoms with van der Waals surface area (Å²) in [5.74, 6) is -2.78. The molecule has 0 aromatic carbocycles. The van der Waals surface area contributed by atoms with Gasteiger partial charge in [0.2, 0.25) is 0 Å². The molecule has 1 heterocycles. The van der Waals surface area contributed by atoms with Gasteiger partial charge in [-0.05, 0) is 33.6 Å². The number of likely N-dealkylation sites (tertiary alicyclic amines) is 1. The van der Waals surface area contributed by atoms with Crippen molar-refractivity contribution in [2.75, 3.05) is 6.54 Å². The van der Waals surface area contributed by atoms with Crippen LogP contribution in [0.5, 0.6) is 0 Å². The third-order valence-corrected chi connectivity index (χ3v) is 2.63. The lowest BCUT2D eigenvalue weighted by atomic mass is 10.00. The second-order valence-corrected chi connectivity index (χ2v) is 5.55. The van der Waals surface area contributed by atoms with Crippen molar-refractivity contribution < 1.29 is 18.3 Å². The average Bonchev–Trinajstić information content (AvgIpc) is 2.13. The van der Waals surface area contributed by atoms with Crippen molar-refractivity contribution in [3.8, 4) is 0 Å². The molecule has 0 aliphatic carbocycles. The minimum absolute atomic E-state index is 0.0492.